The Bertz CT molecular complexity index is 529. The number of halogens is 2. The van der Waals surface area contributed by atoms with Gasteiger partial charge in [-0.1, -0.05) is 43.1 Å². The Balaban J connectivity index is 2.18. The molecule has 1 heterocycles. The molecule has 4 nitrogen and oxygen atoms in total. The van der Waals surface area contributed by atoms with E-state index >= 15 is 0 Å². The van der Waals surface area contributed by atoms with Gasteiger partial charge in [0.05, 0.1) is 0 Å². The summed E-state index contributed by atoms with van der Waals surface area (Å²) in [7, 11) is 0. The lowest BCUT2D eigenvalue weighted by Crippen LogP contribution is -2.26. The third-order valence-electron chi connectivity index (χ3n) is 2.67. The summed E-state index contributed by atoms with van der Waals surface area (Å²) < 4.78 is 0. The Kier molecular flexibility index (Phi) is 4.32. The smallest absolute Gasteiger partial charge is 0.253 e. The molecule has 0 saturated carbocycles. The van der Waals surface area contributed by atoms with Crippen molar-refractivity contribution in [3.05, 3.63) is 33.8 Å². The SMILES string of the molecule is CC(C)CN=C1NC(=O)C(c2ccc(Cl)cc2Cl)N1. The van der Waals surface area contributed by atoms with Crippen LogP contribution in [0, 0.1) is 5.92 Å². The predicted molar refractivity (Wildman–Crippen MR) is 77.6 cm³/mol. The molecule has 1 aliphatic heterocycles. The van der Waals surface area contributed by atoms with Crippen molar-refractivity contribution in [3.63, 3.8) is 0 Å². The largest absolute Gasteiger partial charge is 0.340 e. The molecule has 1 saturated heterocycles. The predicted octanol–water partition coefficient (Wildman–Crippen LogP) is 2.77. The zero-order valence-electron chi connectivity index (χ0n) is 10.7. The summed E-state index contributed by atoms with van der Waals surface area (Å²) in [6, 6.07) is 4.56. The van der Waals surface area contributed by atoms with Crippen LogP contribution in [0.3, 0.4) is 0 Å². The van der Waals surface area contributed by atoms with E-state index in [2.05, 4.69) is 29.5 Å². The first-order chi connectivity index (χ1) is 8.97. The van der Waals surface area contributed by atoms with Crippen molar-refractivity contribution < 1.29 is 4.79 Å². The molecule has 1 amide bonds. The first-order valence-electron chi connectivity index (χ1n) is 6.04. The minimum atomic E-state index is -0.518. The Morgan fingerprint density at radius 3 is 2.74 bits per heavy atom. The van der Waals surface area contributed by atoms with Crippen LogP contribution < -0.4 is 10.6 Å². The molecule has 1 aromatic rings. The van der Waals surface area contributed by atoms with Crippen LogP contribution in [0.4, 0.5) is 0 Å². The minimum Gasteiger partial charge on any atom is -0.340 e. The van der Waals surface area contributed by atoms with Crippen LogP contribution in [-0.4, -0.2) is 18.4 Å². The molecule has 1 unspecified atom stereocenters. The van der Waals surface area contributed by atoms with Crippen LogP contribution in [0.25, 0.3) is 0 Å². The first-order valence-corrected chi connectivity index (χ1v) is 6.79. The third-order valence-corrected chi connectivity index (χ3v) is 3.24. The number of carbonyl (C=O) groups is 1. The molecular formula is C13H15Cl2N3O. The molecular weight excluding hydrogens is 285 g/mol. The standard InChI is InChI=1S/C13H15Cl2N3O/c1-7(2)6-16-13-17-11(12(19)18-13)9-4-3-8(14)5-10(9)15/h3-5,7,11H,6H2,1-2H3,(H2,16,17,18,19). The lowest BCUT2D eigenvalue weighted by Gasteiger charge is -2.10. The number of nitrogens with one attached hydrogen (secondary N) is 2. The number of hydrogen-bond acceptors (Lipinski definition) is 2. The Morgan fingerprint density at radius 2 is 2.11 bits per heavy atom. The molecule has 1 aliphatic rings. The number of guanidine groups is 1. The molecule has 0 aliphatic carbocycles. The van der Waals surface area contributed by atoms with Gasteiger partial charge < -0.3 is 5.32 Å². The maximum Gasteiger partial charge on any atom is 0.253 e. The molecule has 1 atom stereocenters. The zero-order chi connectivity index (χ0) is 14.0. The maximum absolute atomic E-state index is 11.9. The Hall–Kier alpha value is -1.26. The van der Waals surface area contributed by atoms with E-state index in [1.165, 1.54) is 0 Å². The first kappa shape index (κ1) is 14.2. The second-order valence-corrected chi connectivity index (χ2v) is 5.66. The van der Waals surface area contributed by atoms with Crippen molar-refractivity contribution in [3.8, 4) is 0 Å². The molecule has 0 radical (unpaired) electrons. The van der Waals surface area contributed by atoms with E-state index in [0.717, 1.165) is 0 Å². The number of rotatable bonds is 3. The molecule has 2 rings (SSSR count). The number of aliphatic imine (C=N–C) groups is 1. The molecule has 0 aromatic heterocycles. The van der Waals surface area contributed by atoms with Gasteiger partial charge in [-0.15, -0.1) is 0 Å². The summed E-state index contributed by atoms with van der Waals surface area (Å²) >= 11 is 11.9. The fourth-order valence-electron chi connectivity index (χ4n) is 1.74. The van der Waals surface area contributed by atoms with E-state index < -0.39 is 6.04 Å². The van der Waals surface area contributed by atoms with Crippen LogP contribution in [0.1, 0.15) is 25.5 Å². The highest BCUT2D eigenvalue weighted by Gasteiger charge is 2.31. The normalized spacial score (nSPS) is 20.8. The van der Waals surface area contributed by atoms with Gasteiger partial charge in [-0.05, 0) is 18.1 Å². The highest BCUT2D eigenvalue weighted by molar-refractivity contribution is 6.35. The summed E-state index contributed by atoms with van der Waals surface area (Å²) in [4.78, 5) is 16.2. The van der Waals surface area contributed by atoms with Crippen LogP contribution in [0.5, 0.6) is 0 Å². The van der Waals surface area contributed by atoms with Crippen molar-refractivity contribution in [2.45, 2.75) is 19.9 Å². The molecule has 6 heteroatoms. The van der Waals surface area contributed by atoms with Crippen molar-refractivity contribution in [1.82, 2.24) is 10.6 Å². The summed E-state index contributed by atoms with van der Waals surface area (Å²) in [5.74, 6) is 0.769. The minimum absolute atomic E-state index is 0.160. The topological polar surface area (TPSA) is 53.5 Å². The zero-order valence-corrected chi connectivity index (χ0v) is 12.2. The van der Waals surface area contributed by atoms with Gasteiger partial charge >= 0.3 is 0 Å². The highest BCUT2D eigenvalue weighted by Crippen LogP contribution is 2.27. The molecule has 1 aromatic carbocycles. The number of amides is 1. The number of benzene rings is 1. The summed E-state index contributed by atoms with van der Waals surface area (Å²) in [5, 5.41) is 6.75. The fourth-order valence-corrected chi connectivity index (χ4v) is 2.26. The fraction of sp³-hybridized carbons (Fsp3) is 0.385. The molecule has 0 bridgehead atoms. The Labute approximate surface area is 122 Å². The number of nitrogens with zero attached hydrogens (tertiary/aromatic N) is 1. The number of carbonyl (C=O) groups excluding carboxylic acids is 1. The third kappa shape index (κ3) is 3.39. The molecule has 1 fully saturated rings. The van der Waals surface area contributed by atoms with Gasteiger partial charge in [0.1, 0.15) is 6.04 Å². The van der Waals surface area contributed by atoms with E-state index in [4.69, 9.17) is 23.2 Å². The van der Waals surface area contributed by atoms with Crippen molar-refractivity contribution in [2.24, 2.45) is 10.9 Å². The second-order valence-electron chi connectivity index (χ2n) is 4.82. The van der Waals surface area contributed by atoms with Gasteiger partial charge in [0.25, 0.3) is 5.91 Å². The number of hydrogen-bond donors (Lipinski definition) is 2. The Morgan fingerprint density at radius 1 is 1.37 bits per heavy atom. The van der Waals surface area contributed by atoms with Crippen LogP contribution in [-0.2, 0) is 4.79 Å². The van der Waals surface area contributed by atoms with Crippen LogP contribution in [0.2, 0.25) is 10.0 Å². The average molecular weight is 300 g/mol. The average Bonchev–Trinajstić information content (AvgIpc) is 2.68. The van der Waals surface area contributed by atoms with Crippen molar-refractivity contribution in [2.75, 3.05) is 6.54 Å². The second kappa shape index (κ2) is 5.80. The van der Waals surface area contributed by atoms with Gasteiger partial charge in [0.2, 0.25) is 0 Å². The van der Waals surface area contributed by atoms with Gasteiger partial charge in [0, 0.05) is 22.2 Å². The van der Waals surface area contributed by atoms with Gasteiger partial charge in [0.15, 0.2) is 5.96 Å². The van der Waals surface area contributed by atoms with E-state index in [1.807, 2.05) is 0 Å². The molecule has 2 N–H and O–H groups in total. The maximum atomic E-state index is 11.9. The van der Waals surface area contributed by atoms with E-state index in [-0.39, 0.29) is 5.91 Å². The van der Waals surface area contributed by atoms with Crippen LogP contribution >= 0.6 is 23.2 Å². The summed E-state index contributed by atoms with van der Waals surface area (Å²) in [6.45, 7) is 4.78. The monoisotopic (exact) mass is 299 g/mol. The van der Waals surface area contributed by atoms with Gasteiger partial charge in [-0.3, -0.25) is 15.1 Å². The summed E-state index contributed by atoms with van der Waals surface area (Å²) in [6.07, 6.45) is 0. The van der Waals surface area contributed by atoms with E-state index in [0.29, 0.717) is 34.0 Å². The lowest BCUT2D eigenvalue weighted by molar-refractivity contribution is -0.120. The highest BCUT2D eigenvalue weighted by atomic mass is 35.5. The van der Waals surface area contributed by atoms with E-state index in [1.54, 1.807) is 18.2 Å². The summed E-state index contributed by atoms with van der Waals surface area (Å²) in [5.41, 5.74) is 0.693. The molecule has 19 heavy (non-hydrogen) atoms. The van der Waals surface area contributed by atoms with Crippen molar-refractivity contribution >= 4 is 35.1 Å². The lowest BCUT2D eigenvalue weighted by atomic mass is 10.1. The molecule has 0 spiro atoms. The van der Waals surface area contributed by atoms with E-state index in [9.17, 15) is 4.79 Å². The van der Waals surface area contributed by atoms with Crippen molar-refractivity contribution in [1.29, 1.82) is 0 Å². The van der Waals surface area contributed by atoms with Gasteiger partial charge in [-0.25, -0.2) is 0 Å². The van der Waals surface area contributed by atoms with Gasteiger partial charge in [-0.2, -0.15) is 0 Å². The quantitative estimate of drug-likeness (QED) is 0.902. The molecule has 102 valence electrons. The van der Waals surface area contributed by atoms with Crippen LogP contribution in [0.15, 0.2) is 23.2 Å².